The van der Waals surface area contributed by atoms with E-state index in [-0.39, 0.29) is 0 Å². The van der Waals surface area contributed by atoms with Gasteiger partial charge in [0, 0.05) is 11.1 Å². The van der Waals surface area contributed by atoms with Crippen molar-refractivity contribution in [3.05, 3.63) is 69.8 Å². The second kappa shape index (κ2) is 7.39. The Labute approximate surface area is 120 Å². The Hall–Kier alpha value is -2.22. The standard InChI is InChI=1S/2C9H10O/c2*1-7-3-4-8(2)9(5-7)6-10/h2*3-6H,1-2H3. The molecule has 104 valence electrons. The Balaban J connectivity index is 0.000000200. The summed E-state index contributed by atoms with van der Waals surface area (Å²) >= 11 is 0. The summed E-state index contributed by atoms with van der Waals surface area (Å²) in [6, 6.07) is 11.7. The largest absolute Gasteiger partial charge is 0.298 e. The Morgan fingerprint density at radius 2 is 1.00 bits per heavy atom. The lowest BCUT2D eigenvalue weighted by molar-refractivity contribution is 0.111. The van der Waals surface area contributed by atoms with Crippen LogP contribution in [-0.4, -0.2) is 12.6 Å². The Bertz CT molecular complexity index is 557. The third-order valence-corrected chi connectivity index (χ3v) is 3.12. The van der Waals surface area contributed by atoms with Crippen LogP contribution in [0.15, 0.2) is 36.4 Å². The maximum absolute atomic E-state index is 10.4. The monoisotopic (exact) mass is 268 g/mol. The molecule has 0 unspecified atom stereocenters. The summed E-state index contributed by atoms with van der Waals surface area (Å²) < 4.78 is 0. The average molecular weight is 268 g/mol. The molecule has 2 rings (SSSR count). The van der Waals surface area contributed by atoms with E-state index in [0.29, 0.717) is 0 Å². The second-order valence-electron chi connectivity index (χ2n) is 4.96. The summed E-state index contributed by atoms with van der Waals surface area (Å²) in [6.07, 6.45) is 1.78. The van der Waals surface area contributed by atoms with Crippen molar-refractivity contribution in [1.29, 1.82) is 0 Å². The van der Waals surface area contributed by atoms with Gasteiger partial charge in [0.2, 0.25) is 0 Å². The van der Waals surface area contributed by atoms with Gasteiger partial charge in [-0.05, 0) is 51.0 Å². The summed E-state index contributed by atoms with van der Waals surface area (Å²) in [4.78, 5) is 20.8. The molecule has 0 saturated heterocycles. The van der Waals surface area contributed by atoms with E-state index in [2.05, 4.69) is 0 Å². The summed E-state index contributed by atoms with van der Waals surface area (Å²) in [5.74, 6) is 0. The van der Waals surface area contributed by atoms with E-state index >= 15 is 0 Å². The fraction of sp³-hybridized carbons (Fsp3) is 0.222. The molecule has 2 aromatic carbocycles. The van der Waals surface area contributed by atoms with Gasteiger partial charge >= 0.3 is 0 Å². The van der Waals surface area contributed by atoms with Gasteiger partial charge < -0.3 is 0 Å². The molecule has 0 aromatic heterocycles. The van der Waals surface area contributed by atoms with Gasteiger partial charge in [-0.15, -0.1) is 0 Å². The van der Waals surface area contributed by atoms with Crippen LogP contribution in [-0.2, 0) is 0 Å². The van der Waals surface area contributed by atoms with Gasteiger partial charge in [0.15, 0.2) is 0 Å². The van der Waals surface area contributed by atoms with Crippen LogP contribution < -0.4 is 0 Å². The predicted octanol–water partition coefficient (Wildman–Crippen LogP) is 4.23. The van der Waals surface area contributed by atoms with E-state index in [1.54, 1.807) is 0 Å². The molecule has 0 spiro atoms. The van der Waals surface area contributed by atoms with Crippen LogP contribution in [0.4, 0.5) is 0 Å². The maximum Gasteiger partial charge on any atom is 0.150 e. The average Bonchev–Trinajstić information content (AvgIpc) is 2.44. The van der Waals surface area contributed by atoms with Crippen molar-refractivity contribution < 1.29 is 9.59 Å². The molecule has 0 aliphatic carbocycles. The second-order valence-corrected chi connectivity index (χ2v) is 4.96. The number of carbonyl (C=O) groups is 2. The normalized spacial score (nSPS) is 9.40. The molecule has 0 heterocycles. The summed E-state index contributed by atoms with van der Waals surface area (Å²) in [7, 11) is 0. The Morgan fingerprint density at radius 1 is 0.650 bits per heavy atom. The number of hydrogen-bond donors (Lipinski definition) is 0. The molecular weight excluding hydrogens is 248 g/mol. The van der Waals surface area contributed by atoms with Gasteiger partial charge in [0.05, 0.1) is 0 Å². The fourth-order valence-corrected chi connectivity index (χ4v) is 1.77. The van der Waals surface area contributed by atoms with Crippen molar-refractivity contribution in [2.75, 3.05) is 0 Å². The number of carbonyl (C=O) groups excluding carboxylic acids is 2. The molecule has 0 bridgehead atoms. The first-order valence-corrected chi connectivity index (χ1v) is 6.52. The molecule has 0 aliphatic rings. The minimum Gasteiger partial charge on any atom is -0.298 e. The van der Waals surface area contributed by atoms with Crippen molar-refractivity contribution >= 4 is 12.6 Å². The van der Waals surface area contributed by atoms with Crippen LogP contribution in [0.25, 0.3) is 0 Å². The highest BCUT2D eigenvalue weighted by molar-refractivity contribution is 5.77. The van der Waals surface area contributed by atoms with Gasteiger partial charge in [-0.1, -0.05) is 35.4 Å². The molecule has 0 amide bonds. The number of rotatable bonds is 2. The number of hydrogen-bond acceptors (Lipinski definition) is 2. The van der Waals surface area contributed by atoms with Crippen LogP contribution >= 0.6 is 0 Å². The lowest BCUT2D eigenvalue weighted by Crippen LogP contribution is -1.85. The molecule has 0 radical (unpaired) electrons. The van der Waals surface area contributed by atoms with Crippen LogP contribution in [0.5, 0.6) is 0 Å². The summed E-state index contributed by atoms with van der Waals surface area (Å²) in [6.45, 7) is 7.82. The van der Waals surface area contributed by atoms with Crippen LogP contribution in [0.3, 0.4) is 0 Å². The van der Waals surface area contributed by atoms with Crippen molar-refractivity contribution in [2.24, 2.45) is 0 Å². The molecule has 2 nitrogen and oxygen atoms in total. The maximum atomic E-state index is 10.4. The molecule has 0 atom stereocenters. The zero-order chi connectivity index (χ0) is 15.1. The molecule has 0 N–H and O–H groups in total. The van der Waals surface area contributed by atoms with Crippen molar-refractivity contribution in [3.63, 3.8) is 0 Å². The zero-order valence-corrected chi connectivity index (χ0v) is 12.4. The van der Waals surface area contributed by atoms with E-state index < -0.39 is 0 Å². The van der Waals surface area contributed by atoms with E-state index in [9.17, 15) is 9.59 Å². The SMILES string of the molecule is Cc1ccc(C)c(C=O)c1.Cc1ccc(C)c(C=O)c1. The minimum absolute atomic E-state index is 0.792. The number of aldehydes is 2. The highest BCUT2D eigenvalue weighted by Crippen LogP contribution is 2.07. The predicted molar refractivity (Wildman–Crippen MR) is 82.6 cm³/mol. The Kier molecular flexibility index (Phi) is 5.85. The van der Waals surface area contributed by atoms with Gasteiger partial charge in [-0.3, -0.25) is 9.59 Å². The third-order valence-electron chi connectivity index (χ3n) is 3.12. The minimum atomic E-state index is 0.792. The van der Waals surface area contributed by atoms with Crippen LogP contribution in [0.2, 0.25) is 0 Å². The first-order chi connectivity index (χ1) is 9.47. The molecule has 20 heavy (non-hydrogen) atoms. The first-order valence-electron chi connectivity index (χ1n) is 6.52. The van der Waals surface area contributed by atoms with Crippen LogP contribution in [0.1, 0.15) is 43.0 Å². The molecule has 2 aromatic rings. The zero-order valence-electron chi connectivity index (χ0n) is 12.4. The number of aryl methyl sites for hydroxylation is 4. The summed E-state index contributed by atoms with van der Waals surface area (Å²) in [5.41, 5.74) is 5.93. The van der Waals surface area contributed by atoms with Crippen molar-refractivity contribution in [1.82, 2.24) is 0 Å². The smallest absolute Gasteiger partial charge is 0.150 e. The lowest BCUT2D eigenvalue weighted by Gasteiger charge is -1.97. The van der Waals surface area contributed by atoms with E-state index in [4.69, 9.17) is 0 Å². The molecule has 0 aliphatic heterocycles. The molecule has 0 fully saturated rings. The quantitative estimate of drug-likeness (QED) is 0.764. The van der Waals surface area contributed by atoms with Gasteiger partial charge in [0.1, 0.15) is 12.6 Å². The first kappa shape index (κ1) is 15.8. The topological polar surface area (TPSA) is 34.1 Å². The highest BCUT2D eigenvalue weighted by Gasteiger charge is 1.94. The molecular formula is C18H20O2. The fourth-order valence-electron chi connectivity index (χ4n) is 1.77. The van der Waals surface area contributed by atoms with Crippen molar-refractivity contribution in [2.45, 2.75) is 27.7 Å². The highest BCUT2D eigenvalue weighted by atomic mass is 16.1. The van der Waals surface area contributed by atoms with E-state index in [0.717, 1.165) is 46.0 Å². The van der Waals surface area contributed by atoms with E-state index in [1.807, 2.05) is 64.1 Å². The third kappa shape index (κ3) is 4.47. The van der Waals surface area contributed by atoms with Gasteiger partial charge in [0.25, 0.3) is 0 Å². The molecule has 0 saturated carbocycles. The van der Waals surface area contributed by atoms with E-state index in [1.165, 1.54) is 0 Å². The molecule has 2 heteroatoms. The van der Waals surface area contributed by atoms with Gasteiger partial charge in [-0.25, -0.2) is 0 Å². The van der Waals surface area contributed by atoms with Crippen LogP contribution in [0, 0.1) is 27.7 Å². The van der Waals surface area contributed by atoms with Crippen molar-refractivity contribution in [3.8, 4) is 0 Å². The van der Waals surface area contributed by atoms with Gasteiger partial charge in [-0.2, -0.15) is 0 Å². The summed E-state index contributed by atoms with van der Waals surface area (Å²) in [5, 5.41) is 0. The number of benzene rings is 2. The Morgan fingerprint density at radius 3 is 1.25 bits per heavy atom. The lowest BCUT2D eigenvalue weighted by atomic mass is 10.1.